The Morgan fingerprint density at radius 1 is 0.555 bits per heavy atom. The molecule has 4 aromatic rings. The first-order chi connectivity index (χ1) is 53.0. The quantitative estimate of drug-likeness (QED) is 0.0299. The van der Waals surface area contributed by atoms with Gasteiger partial charge >= 0.3 is 18.0 Å². The molecule has 5 heterocycles. The number of aromatic nitrogens is 1. The number of unbranched alkanes of at least 4 members (excludes halogenated alkanes) is 4. The smallest absolute Gasteiger partial charge is 0.317 e. The number of urea groups is 1. The average Bonchev–Trinajstić information content (AvgIpc) is 1.63. The molecule has 0 radical (unpaired) electrons. The zero-order chi connectivity index (χ0) is 79.1. The molecular formula is C76H106N16O18. The van der Waals surface area contributed by atoms with Gasteiger partial charge in [0, 0.05) is 102 Å². The number of ether oxygens (including phenoxy) is 2. The highest BCUT2D eigenvalue weighted by Crippen LogP contribution is 2.27. The van der Waals surface area contributed by atoms with Gasteiger partial charge in [0.2, 0.25) is 65.0 Å². The molecular weight excluding hydrogens is 1420 g/mol. The number of piperazine rings is 1. The van der Waals surface area contributed by atoms with Crippen LogP contribution in [-0.2, 0) is 97.6 Å². The molecule has 3 aromatic carbocycles. The molecule has 0 aliphatic carbocycles. The van der Waals surface area contributed by atoms with Crippen LogP contribution in [0, 0.1) is 0 Å². The third-order valence-electron chi connectivity index (χ3n) is 20.0. The van der Waals surface area contributed by atoms with E-state index in [1.54, 1.807) is 77.8 Å². The van der Waals surface area contributed by atoms with E-state index in [-0.39, 0.29) is 136 Å². The monoisotopic (exact) mass is 1530 g/mol. The number of carboxylic acids is 2. The van der Waals surface area contributed by atoms with Crippen molar-refractivity contribution in [1.82, 2.24) is 77.3 Å². The van der Waals surface area contributed by atoms with Gasteiger partial charge in [0.1, 0.15) is 54.9 Å². The van der Waals surface area contributed by atoms with Gasteiger partial charge in [-0.3, -0.25) is 67.2 Å². The van der Waals surface area contributed by atoms with Crippen molar-refractivity contribution in [1.29, 1.82) is 0 Å². The number of carboxylic acid groups (broad SMARTS) is 2. The maximum atomic E-state index is 15.3. The normalized spacial score (nSPS) is 22.2. The van der Waals surface area contributed by atoms with Crippen LogP contribution in [0.5, 0.6) is 0 Å². The zero-order valence-corrected chi connectivity index (χ0v) is 62.6. The number of H-pyrrole nitrogens is 1. The number of aliphatic carboxylic acids is 2. The van der Waals surface area contributed by atoms with E-state index in [9.17, 15) is 63.0 Å². The number of rotatable bonds is 29. The van der Waals surface area contributed by atoms with Crippen molar-refractivity contribution < 1.29 is 86.8 Å². The number of hydrogen-bond acceptors (Lipinski definition) is 18. The fraction of sp³-hybridized carbons (Fsp3) is 0.553. The second kappa shape index (κ2) is 43.6. The Hall–Kier alpha value is -10.6. The number of amides is 13. The van der Waals surface area contributed by atoms with Crippen molar-refractivity contribution in [3.8, 4) is 0 Å². The summed E-state index contributed by atoms with van der Waals surface area (Å²) < 4.78 is 10.7. The van der Waals surface area contributed by atoms with Gasteiger partial charge in [-0.2, -0.15) is 0 Å². The summed E-state index contributed by atoms with van der Waals surface area (Å²) in [4.78, 5) is 208. The minimum absolute atomic E-state index is 0.0401. The number of hydrogen-bond donors (Lipinski definition) is 13. The number of para-hydroxylation sites is 1. The summed E-state index contributed by atoms with van der Waals surface area (Å²) in [5, 5.41) is 44.8. The number of fused-ring (bicyclic) bond motifs is 3. The third kappa shape index (κ3) is 26.1. The number of nitrogens with one attached hydrogen (secondary N) is 10. The highest BCUT2D eigenvalue weighted by Gasteiger charge is 2.45. The lowest BCUT2D eigenvalue weighted by molar-refractivity contribution is -0.149. The lowest BCUT2D eigenvalue weighted by atomic mass is 9.99. The SMILES string of the molecule is CCCCCC[C@@H]1NC(=O)[C@H](Cc2ccc(CNC(=O)COCCOCCN)cc2)NC(=O)[C@H](Cc2ccccc2)N(C)C(=O)CNC(=O)[C@@H]2CCCN2C(=O)[C@H]2CCCN2C(=O)[C@H](CC(=O)O)NC(=O)[C@H](CCCCNC(=O)N2CCN(CC(=O)O)CC2)NC(=O)CNC(=O)[C@H](Cc2c[nH]c3ccccc23)NC1=O. The Labute approximate surface area is 638 Å². The van der Waals surface area contributed by atoms with Gasteiger partial charge in [0.15, 0.2) is 0 Å². The minimum atomic E-state index is -1.80. The van der Waals surface area contributed by atoms with Gasteiger partial charge in [0.25, 0.3) is 0 Å². The Morgan fingerprint density at radius 3 is 1.85 bits per heavy atom. The van der Waals surface area contributed by atoms with Gasteiger partial charge in [-0.15, -0.1) is 0 Å². The Balaban J connectivity index is 1.11. The standard InChI is InChI=1S/C76H106N16O18/c1-3-4-5-9-20-56-70(102)85-58(41-52-44-79-54-19-11-10-18-53(52)54)68(100)81-45-63(93)83-55(21-12-13-29-78-76(108)90-34-32-89(33-35-90)47-67(98)99)69(101)87-59(42-66(96)97)74(106)92-31-15-23-61(92)75(107)91-30-14-22-60(91)72(104)82-46-65(95)88(2)62(40-49-16-7-6-8-17-49)73(105)86-57(71(103)84-56)39-50-24-26-51(27-25-50)43-80-64(94)48-110-38-37-109-36-28-77/h6-8,10-11,16-19,24-27,44,55-62,79H,3-5,9,12-15,20-23,28-43,45-48,77H2,1-2H3,(H,78,108)(H,80,94)(H,81,100)(H,82,104)(H,83,93)(H,84,103)(H,85,102)(H,86,105)(H,87,101)(H,96,97)(H,98,99)/t55-,56-,57-,58-,59-,60-,61+,62-/m0/s1. The van der Waals surface area contributed by atoms with Gasteiger partial charge in [0.05, 0.1) is 45.9 Å². The van der Waals surface area contributed by atoms with Crippen LogP contribution in [0.25, 0.3) is 10.9 Å². The molecule has 4 aliphatic rings. The summed E-state index contributed by atoms with van der Waals surface area (Å²) in [5.41, 5.74) is 8.57. The van der Waals surface area contributed by atoms with Crippen molar-refractivity contribution >= 4 is 93.9 Å². The van der Waals surface area contributed by atoms with Crippen LogP contribution in [0.15, 0.2) is 85.1 Å². The maximum absolute atomic E-state index is 15.3. The van der Waals surface area contributed by atoms with Crippen LogP contribution in [0.3, 0.4) is 0 Å². The van der Waals surface area contributed by atoms with E-state index in [1.807, 2.05) is 19.1 Å². The largest absolute Gasteiger partial charge is 0.481 e. The number of aromatic amines is 1. The molecule has 14 N–H and O–H groups in total. The molecule has 0 bridgehead atoms. The minimum Gasteiger partial charge on any atom is -0.481 e. The second-order valence-corrected chi connectivity index (χ2v) is 28.0. The van der Waals surface area contributed by atoms with Crippen molar-refractivity contribution in [2.45, 2.75) is 165 Å². The number of likely N-dealkylation sites (N-methyl/N-ethyl adjacent to an activating group) is 1. The molecule has 0 spiro atoms. The van der Waals surface area contributed by atoms with Crippen molar-refractivity contribution in [2.75, 3.05) is 105 Å². The Bertz CT molecular complexity index is 3820. The summed E-state index contributed by atoms with van der Waals surface area (Å²) >= 11 is 0. The molecule has 8 rings (SSSR count). The van der Waals surface area contributed by atoms with E-state index >= 15 is 14.4 Å². The Kier molecular flexibility index (Phi) is 33.7. The van der Waals surface area contributed by atoms with E-state index < -0.39 is 145 Å². The first kappa shape index (κ1) is 85.0. The molecule has 13 amide bonds. The lowest BCUT2D eigenvalue weighted by Crippen LogP contribution is -2.60. The number of nitrogens with two attached hydrogens (primary N) is 1. The van der Waals surface area contributed by atoms with Gasteiger partial charge < -0.3 is 97.9 Å². The highest BCUT2D eigenvalue weighted by atomic mass is 16.5. The Morgan fingerprint density at radius 2 is 1.15 bits per heavy atom. The average molecular weight is 1530 g/mol. The number of nitrogens with zero attached hydrogens (tertiary/aromatic N) is 5. The van der Waals surface area contributed by atoms with Gasteiger partial charge in [-0.25, -0.2) is 4.79 Å². The van der Waals surface area contributed by atoms with Gasteiger partial charge in [-0.1, -0.05) is 105 Å². The zero-order valence-electron chi connectivity index (χ0n) is 62.6. The van der Waals surface area contributed by atoms with Crippen LogP contribution >= 0.6 is 0 Å². The topological polar surface area (TPSA) is 464 Å². The molecule has 1 aromatic heterocycles. The fourth-order valence-electron chi connectivity index (χ4n) is 13.9. The molecule has 4 fully saturated rings. The predicted octanol–water partition coefficient (Wildman–Crippen LogP) is -0.690. The van der Waals surface area contributed by atoms with Crippen LogP contribution in [0.2, 0.25) is 0 Å². The molecule has 4 aliphatic heterocycles. The predicted molar refractivity (Wildman–Crippen MR) is 400 cm³/mol. The molecule has 598 valence electrons. The third-order valence-corrected chi connectivity index (χ3v) is 20.0. The maximum Gasteiger partial charge on any atom is 0.317 e. The van der Waals surface area contributed by atoms with E-state index in [2.05, 4.69) is 52.8 Å². The molecule has 4 saturated heterocycles. The van der Waals surface area contributed by atoms with Crippen molar-refractivity contribution in [3.05, 3.63) is 107 Å². The van der Waals surface area contributed by atoms with Crippen LogP contribution in [0.4, 0.5) is 4.79 Å². The summed E-state index contributed by atoms with van der Waals surface area (Å²) in [6.45, 7) is 2.75. The molecule has 34 heteroatoms. The van der Waals surface area contributed by atoms with Crippen molar-refractivity contribution in [3.63, 3.8) is 0 Å². The van der Waals surface area contributed by atoms with E-state index in [0.717, 1.165) is 22.6 Å². The summed E-state index contributed by atoms with van der Waals surface area (Å²) in [6, 6.07) is 11.1. The van der Waals surface area contributed by atoms with Crippen LogP contribution in [-0.4, -0.2) is 276 Å². The van der Waals surface area contributed by atoms with Gasteiger partial charge in [-0.05, 0) is 79.7 Å². The first-order valence-corrected chi connectivity index (χ1v) is 37.9. The highest BCUT2D eigenvalue weighted by molar-refractivity contribution is 6.00. The number of carbonyl (C=O) groups is 14. The molecule has 34 nitrogen and oxygen atoms in total. The molecule has 8 atom stereocenters. The summed E-state index contributed by atoms with van der Waals surface area (Å²) in [6.07, 6.45) is 4.05. The van der Waals surface area contributed by atoms with E-state index in [0.29, 0.717) is 78.7 Å². The van der Waals surface area contributed by atoms with E-state index in [4.69, 9.17) is 15.2 Å². The molecule has 0 saturated carbocycles. The summed E-state index contributed by atoms with van der Waals surface area (Å²) in [5.74, 6) is -11.1. The number of carbonyl (C=O) groups excluding carboxylic acids is 12. The van der Waals surface area contributed by atoms with Crippen LogP contribution < -0.4 is 53.6 Å². The lowest BCUT2D eigenvalue weighted by Gasteiger charge is -2.33. The molecule has 110 heavy (non-hydrogen) atoms. The number of benzene rings is 3. The molecule has 0 unspecified atom stereocenters. The van der Waals surface area contributed by atoms with Crippen molar-refractivity contribution in [2.24, 2.45) is 5.73 Å². The summed E-state index contributed by atoms with van der Waals surface area (Å²) in [7, 11) is 1.37. The fourth-order valence-corrected chi connectivity index (χ4v) is 13.9. The second-order valence-electron chi connectivity index (χ2n) is 28.0. The first-order valence-electron chi connectivity index (χ1n) is 37.9. The van der Waals surface area contributed by atoms with Crippen LogP contribution in [0.1, 0.15) is 113 Å². The van der Waals surface area contributed by atoms with E-state index in [1.165, 1.54) is 16.8 Å².